The molecule has 0 amide bonds. The van der Waals surface area contributed by atoms with Gasteiger partial charge in [0, 0.05) is 6.20 Å². The Kier molecular flexibility index (Phi) is 3.01. The van der Waals surface area contributed by atoms with Crippen molar-refractivity contribution < 1.29 is 13.2 Å². The Labute approximate surface area is 107 Å². The van der Waals surface area contributed by atoms with Crippen molar-refractivity contribution in [2.24, 2.45) is 10.7 Å². The minimum atomic E-state index is -4.53. The lowest BCUT2D eigenvalue weighted by Crippen LogP contribution is -2.49. The molecule has 0 aliphatic carbocycles. The second-order valence-corrected chi connectivity index (χ2v) is 4.34. The Balaban J connectivity index is 2.21. The predicted octanol–water partition coefficient (Wildman–Crippen LogP) is 1.21. The SMILES string of the molecule is Cc1[nH]ncc1NC1=NC(C)(N)C(C(F)(F)F)=CN1. The van der Waals surface area contributed by atoms with E-state index in [0.717, 1.165) is 11.9 Å². The van der Waals surface area contributed by atoms with Gasteiger partial charge in [-0.15, -0.1) is 0 Å². The van der Waals surface area contributed by atoms with Crippen LogP contribution in [-0.2, 0) is 0 Å². The van der Waals surface area contributed by atoms with Crippen molar-refractivity contribution in [3.63, 3.8) is 0 Å². The van der Waals surface area contributed by atoms with E-state index in [1.54, 1.807) is 6.92 Å². The van der Waals surface area contributed by atoms with Gasteiger partial charge in [-0.05, 0) is 13.8 Å². The number of halogens is 3. The van der Waals surface area contributed by atoms with Gasteiger partial charge >= 0.3 is 6.18 Å². The molecule has 0 fully saturated rings. The summed E-state index contributed by atoms with van der Waals surface area (Å²) in [6.07, 6.45) is -2.22. The molecule has 2 heterocycles. The second-order valence-electron chi connectivity index (χ2n) is 4.34. The minimum Gasteiger partial charge on any atom is -0.332 e. The second kappa shape index (κ2) is 4.26. The van der Waals surface area contributed by atoms with Crippen molar-refractivity contribution in [2.75, 3.05) is 5.32 Å². The van der Waals surface area contributed by atoms with Crippen LogP contribution >= 0.6 is 0 Å². The number of rotatable bonds is 1. The maximum Gasteiger partial charge on any atom is 0.417 e. The van der Waals surface area contributed by atoms with Crippen LogP contribution in [0.15, 0.2) is 23.0 Å². The number of alkyl halides is 3. The highest BCUT2D eigenvalue weighted by atomic mass is 19.4. The van der Waals surface area contributed by atoms with Crippen LogP contribution in [0.5, 0.6) is 0 Å². The lowest BCUT2D eigenvalue weighted by atomic mass is 10.0. The minimum absolute atomic E-state index is 0.127. The summed E-state index contributed by atoms with van der Waals surface area (Å²) in [5, 5.41) is 11.7. The number of aromatic amines is 1. The molecule has 1 aliphatic heterocycles. The van der Waals surface area contributed by atoms with Gasteiger partial charge in [-0.2, -0.15) is 18.3 Å². The van der Waals surface area contributed by atoms with Crippen molar-refractivity contribution >= 4 is 11.6 Å². The normalized spacial score (nSPS) is 23.5. The fourth-order valence-corrected chi connectivity index (χ4v) is 1.65. The highest BCUT2D eigenvalue weighted by Gasteiger charge is 2.45. The van der Waals surface area contributed by atoms with E-state index in [9.17, 15) is 13.2 Å². The number of H-pyrrole nitrogens is 1. The molecule has 2 rings (SSSR count). The van der Waals surface area contributed by atoms with Crippen LogP contribution in [0, 0.1) is 6.92 Å². The monoisotopic (exact) mass is 274 g/mol. The molecule has 0 bridgehead atoms. The number of nitrogens with zero attached hydrogens (tertiary/aromatic N) is 2. The van der Waals surface area contributed by atoms with Crippen molar-refractivity contribution in [1.82, 2.24) is 15.5 Å². The highest BCUT2D eigenvalue weighted by molar-refractivity contribution is 5.95. The average Bonchev–Trinajstić information content (AvgIpc) is 2.61. The molecule has 1 unspecified atom stereocenters. The first kappa shape index (κ1) is 13.4. The number of aromatic nitrogens is 2. The predicted molar refractivity (Wildman–Crippen MR) is 64.2 cm³/mol. The molecular weight excluding hydrogens is 261 g/mol. The van der Waals surface area contributed by atoms with Crippen molar-refractivity contribution in [3.05, 3.63) is 23.7 Å². The van der Waals surface area contributed by atoms with E-state index < -0.39 is 17.4 Å². The van der Waals surface area contributed by atoms with Gasteiger partial charge in [0.2, 0.25) is 5.96 Å². The molecule has 0 aromatic carbocycles. The van der Waals surface area contributed by atoms with E-state index in [2.05, 4.69) is 25.8 Å². The van der Waals surface area contributed by atoms with Gasteiger partial charge in [0.15, 0.2) is 0 Å². The summed E-state index contributed by atoms with van der Waals surface area (Å²) in [4.78, 5) is 3.82. The van der Waals surface area contributed by atoms with E-state index in [1.165, 1.54) is 13.1 Å². The van der Waals surface area contributed by atoms with Gasteiger partial charge in [0.25, 0.3) is 0 Å². The van der Waals surface area contributed by atoms with E-state index in [0.29, 0.717) is 5.69 Å². The van der Waals surface area contributed by atoms with Crippen LogP contribution in [0.25, 0.3) is 0 Å². The van der Waals surface area contributed by atoms with E-state index in [-0.39, 0.29) is 5.96 Å². The molecule has 6 nitrogen and oxygen atoms in total. The van der Waals surface area contributed by atoms with Gasteiger partial charge in [-0.25, -0.2) is 4.99 Å². The Morgan fingerprint density at radius 2 is 2.11 bits per heavy atom. The Bertz CT molecular complexity index is 540. The number of hydrogen-bond donors (Lipinski definition) is 4. The zero-order valence-corrected chi connectivity index (χ0v) is 10.3. The van der Waals surface area contributed by atoms with Crippen molar-refractivity contribution in [3.8, 4) is 0 Å². The van der Waals surface area contributed by atoms with E-state index >= 15 is 0 Å². The number of aryl methyl sites for hydroxylation is 1. The average molecular weight is 274 g/mol. The fraction of sp³-hybridized carbons (Fsp3) is 0.400. The topological polar surface area (TPSA) is 91.1 Å². The van der Waals surface area contributed by atoms with Gasteiger partial charge in [0.1, 0.15) is 5.66 Å². The van der Waals surface area contributed by atoms with Crippen molar-refractivity contribution in [1.29, 1.82) is 0 Å². The van der Waals surface area contributed by atoms with Crippen LogP contribution in [0.4, 0.5) is 18.9 Å². The Morgan fingerprint density at radius 1 is 1.42 bits per heavy atom. The smallest absolute Gasteiger partial charge is 0.332 e. The molecule has 5 N–H and O–H groups in total. The molecule has 1 aromatic rings. The summed E-state index contributed by atoms with van der Waals surface area (Å²) in [6.45, 7) is 2.95. The maximum atomic E-state index is 12.7. The summed E-state index contributed by atoms with van der Waals surface area (Å²) in [5.74, 6) is 0.127. The van der Waals surface area contributed by atoms with Gasteiger partial charge in [-0.3, -0.25) is 5.10 Å². The number of nitrogens with one attached hydrogen (secondary N) is 3. The molecule has 0 saturated heterocycles. The van der Waals surface area contributed by atoms with Crippen LogP contribution in [-0.4, -0.2) is 28.0 Å². The third kappa shape index (κ3) is 2.70. The summed E-state index contributed by atoms with van der Waals surface area (Å²) in [6, 6.07) is 0. The standard InChI is InChI=1S/C10H13F3N6/c1-5-6(3-16-19-5)17-8-15-4-7(10(11,12)13)9(2,14)18-8/h3-4H,14H2,1-2H3,(H,16,19)(H2,15,17,18). The molecule has 0 saturated carbocycles. The quantitative estimate of drug-likeness (QED) is 0.619. The Hall–Kier alpha value is -2.03. The zero-order valence-electron chi connectivity index (χ0n) is 10.3. The number of hydrogen-bond acceptors (Lipinski definition) is 5. The number of aliphatic imine (C=N–C) groups is 1. The first-order chi connectivity index (χ1) is 8.70. The molecule has 1 aliphatic rings. The van der Waals surface area contributed by atoms with E-state index in [4.69, 9.17) is 5.73 Å². The zero-order chi connectivity index (χ0) is 14.3. The third-order valence-corrected chi connectivity index (χ3v) is 2.63. The molecule has 0 spiro atoms. The van der Waals surface area contributed by atoms with Gasteiger partial charge in [-0.1, -0.05) is 0 Å². The molecule has 0 radical (unpaired) electrons. The number of nitrogens with two attached hydrogens (primary N) is 1. The maximum absolute atomic E-state index is 12.7. The van der Waals surface area contributed by atoms with Gasteiger partial charge in [0.05, 0.1) is 23.2 Å². The van der Waals surface area contributed by atoms with Crippen LogP contribution in [0.1, 0.15) is 12.6 Å². The number of anilines is 1. The fourth-order valence-electron chi connectivity index (χ4n) is 1.65. The molecule has 104 valence electrons. The number of guanidine groups is 1. The molecule has 19 heavy (non-hydrogen) atoms. The molecule has 9 heteroatoms. The summed E-state index contributed by atoms with van der Waals surface area (Å²) in [5.41, 5.74) is 4.14. The summed E-state index contributed by atoms with van der Waals surface area (Å²) >= 11 is 0. The molecule has 1 atom stereocenters. The lowest BCUT2D eigenvalue weighted by Gasteiger charge is -2.30. The lowest BCUT2D eigenvalue weighted by molar-refractivity contribution is -0.100. The molecular formula is C10H13F3N6. The van der Waals surface area contributed by atoms with Crippen molar-refractivity contribution in [2.45, 2.75) is 25.7 Å². The molecule has 1 aromatic heterocycles. The third-order valence-electron chi connectivity index (χ3n) is 2.63. The van der Waals surface area contributed by atoms with Crippen LogP contribution < -0.4 is 16.4 Å². The van der Waals surface area contributed by atoms with Crippen LogP contribution in [0.3, 0.4) is 0 Å². The van der Waals surface area contributed by atoms with E-state index in [1.807, 2.05) is 0 Å². The largest absolute Gasteiger partial charge is 0.417 e. The van der Waals surface area contributed by atoms with Gasteiger partial charge < -0.3 is 16.4 Å². The highest BCUT2D eigenvalue weighted by Crippen LogP contribution is 2.34. The van der Waals surface area contributed by atoms with Crippen LogP contribution in [0.2, 0.25) is 0 Å². The summed E-state index contributed by atoms with van der Waals surface area (Å²) in [7, 11) is 0. The first-order valence-corrected chi connectivity index (χ1v) is 5.40. The Morgan fingerprint density at radius 3 is 2.58 bits per heavy atom. The first-order valence-electron chi connectivity index (χ1n) is 5.40. The summed E-state index contributed by atoms with van der Waals surface area (Å²) < 4.78 is 38.1.